The van der Waals surface area contributed by atoms with E-state index in [2.05, 4.69) is 0 Å². The van der Waals surface area contributed by atoms with Crippen molar-refractivity contribution < 1.29 is 4.79 Å². The van der Waals surface area contributed by atoms with E-state index < -0.39 is 0 Å². The highest BCUT2D eigenvalue weighted by Crippen LogP contribution is 2.16. The molecule has 0 aromatic heterocycles. The van der Waals surface area contributed by atoms with Gasteiger partial charge in [0.2, 0.25) is 5.91 Å². The molecule has 0 saturated carbocycles. The van der Waals surface area contributed by atoms with Crippen LogP contribution < -0.4 is 5.73 Å². The van der Waals surface area contributed by atoms with E-state index in [1.165, 1.54) is 11.8 Å². The number of carbonyl (C=O) groups excluding carboxylic acids is 1. The predicted molar refractivity (Wildman–Crippen MR) is 38.9 cm³/mol. The topological polar surface area (TPSA) is 43.1 Å². The van der Waals surface area contributed by atoms with Gasteiger partial charge >= 0.3 is 0 Å². The van der Waals surface area contributed by atoms with Crippen LogP contribution in [-0.2, 0) is 4.79 Å². The van der Waals surface area contributed by atoms with Crippen molar-refractivity contribution in [2.75, 3.05) is 0 Å². The standard InChI is InChI=1S/C6H7NOS/c7-6(8)5-3-1-2-4-9-5/h1-5H,(H2,7,8). The van der Waals surface area contributed by atoms with E-state index in [0.29, 0.717) is 0 Å². The Bertz CT molecular complexity index is 174. The molecule has 0 bridgehead atoms. The Morgan fingerprint density at radius 1 is 1.56 bits per heavy atom. The molecule has 2 N–H and O–H groups in total. The molecule has 1 heterocycles. The van der Waals surface area contributed by atoms with Crippen LogP contribution in [0.4, 0.5) is 0 Å². The maximum absolute atomic E-state index is 10.5. The van der Waals surface area contributed by atoms with E-state index in [1.807, 2.05) is 17.6 Å². The average Bonchev–Trinajstić information content (AvgIpc) is 1.90. The fourth-order valence-electron chi connectivity index (χ4n) is 0.548. The van der Waals surface area contributed by atoms with Crippen LogP contribution in [0.2, 0.25) is 0 Å². The third kappa shape index (κ3) is 1.61. The lowest BCUT2D eigenvalue weighted by molar-refractivity contribution is -0.116. The van der Waals surface area contributed by atoms with Crippen molar-refractivity contribution in [2.45, 2.75) is 5.25 Å². The van der Waals surface area contributed by atoms with Gasteiger partial charge in [-0.1, -0.05) is 18.2 Å². The fourth-order valence-corrected chi connectivity index (χ4v) is 1.21. The molecule has 0 aromatic carbocycles. The molecule has 2 nitrogen and oxygen atoms in total. The summed E-state index contributed by atoms with van der Waals surface area (Å²) in [5.74, 6) is -0.277. The summed E-state index contributed by atoms with van der Waals surface area (Å²) in [5, 5.41) is 1.70. The van der Waals surface area contributed by atoms with Crippen molar-refractivity contribution in [3.63, 3.8) is 0 Å². The lowest BCUT2D eigenvalue weighted by atomic mass is 10.3. The molecule has 3 heteroatoms. The van der Waals surface area contributed by atoms with Gasteiger partial charge in [-0.2, -0.15) is 0 Å². The van der Waals surface area contributed by atoms with Crippen molar-refractivity contribution in [3.8, 4) is 0 Å². The van der Waals surface area contributed by atoms with Gasteiger partial charge in [0.05, 0.1) is 0 Å². The Morgan fingerprint density at radius 3 is 2.67 bits per heavy atom. The van der Waals surface area contributed by atoms with E-state index >= 15 is 0 Å². The minimum atomic E-state index is -0.277. The van der Waals surface area contributed by atoms with Gasteiger partial charge in [-0.25, -0.2) is 0 Å². The molecule has 0 saturated heterocycles. The number of rotatable bonds is 1. The zero-order valence-electron chi connectivity index (χ0n) is 4.78. The van der Waals surface area contributed by atoms with Gasteiger partial charge in [-0.15, -0.1) is 11.8 Å². The SMILES string of the molecule is NC(=O)C1C=CC=CS1. The summed E-state index contributed by atoms with van der Waals surface area (Å²) < 4.78 is 0. The number of nitrogens with two attached hydrogens (primary N) is 1. The number of allylic oxidation sites excluding steroid dienone is 2. The molecular formula is C6H7NOS. The quantitative estimate of drug-likeness (QED) is 0.583. The number of primary amides is 1. The number of carbonyl (C=O) groups is 1. The average molecular weight is 141 g/mol. The first-order chi connectivity index (χ1) is 4.30. The first-order valence-electron chi connectivity index (χ1n) is 2.59. The summed E-state index contributed by atoms with van der Waals surface area (Å²) in [6, 6.07) is 0. The van der Waals surface area contributed by atoms with Crippen LogP contribution in [-0.4, -0.2) is 11.2 Å². The highest BCUT2D eigenvalue weighted by atomic mass is 32.2. The minimum absolute atomic E-state index is 0.157. The Morgan fingerprint density at radius 2 is 2.33 bits per heavy atom. The summed E-state index contributed by atoms with van der Waals surface area (Å²) in [4.78, 5) is 10.5. The van der Waals surface area contributed by atoms with Crippen LogP contribution in [0.1, 0.15) is 0 Å². The fraction of sp³-hybridized carbons (Fsp3) is 0.167. The van der Waals surface area contributed by atoms with Crippen molar-refractivity contribution in [1.82, 2.24) is 0 Å². The van der Waals surface area contributed by atoms with Crippen LogP contribution in [0.25, 0.3) is 0 Å². The third-order valence-corrected chi connectivity index (χ3v) is 1.98. The van der Waals surface area contributed by atoms with E-state index in [4.69, 9.17) is 5.73 Å². The second kappa shape index (κ2) is 2.73. The number of hydrogen-bond donors (Lipinski definition) is 1. The lowest BCUT2D eigenvalue weighted by Gasteiger charge is -2.05. The maximum Gasteiger partial charge on any atom is 0.234 e. The van der Waals surface area contributed by atoms with E-state index in [1.54, 1.807) is 6.08 Å². The van der Waals surface area contributed by atoms with Crippen LogP contribution >= 0.6 is 11.8 Å². The van der Waals surface area contributed by atoms with Crippen LogP contribution in [0, 0.1) is 0 Å². The van der Waals surface area contributed by atoms with E-state index in [0.717, 1.165) is 0 Å². The van der Waals surface area contributed by atoms with Crippen LogP contribution in [0.3, 0.4) is 0 Å². The summed E-state index contributed by atoms with van der Waals surface area (Å²) in [6.07, 6.45) is 5.49. The van der Waals surface area contributed by atoms with Crippen LogP contribution in [0.5, 0.6) is 0 Å². The zero-order valence-corrected chi connectivity index (χ0v) is 5.60. The molecule has 1 aliphatic rings. The number of thioether (sulfide) groups is 1. The smallest absolute Gasteiger partial charge is 0.234 e. The van der Waals surface area contributed by atoms with Gasteiger partial charge in [0.1, 0.15) is 5.25 Å². The van der Waals surface area contributed by atoms with Crippen molar-refractivity contribution in [3.05, 3.63) is 23.6 Å². The predicted octanol–water partition coefficient (Wildman–Crippen LogP) is 0.657. The summed E-state index contributed by atoms with van der Waals surface area (Å²) in [7, 11) is 0. The Balaban J connectivity index is 2.56. The van der Waals surface area contributed by atoms with Gasteiger partial charge in [0.15, 0.2) is 0 Å². The van der Waals surface area contributed by atoms with Crippen LogP contribution in [0.15, 0.2) is 23.6 Å². The Kier molecular flexibility index (Phi) is 1.95. The molecule has 0 aliphatic carbocycles. The van der Waals surface area contributed by atoms with E-state index in [9.17, 15) is 4.79 Å². The zero-order chi connectivity index (χ0) is 6.69. The first kappa shape index (κ1) is 6.42. The summed E-state index contributed by atoms with van der Waals surface area (Å²) in [6.45, 7) is 0. The molecule has 1 atom stereocenters. The molecule has 0 fully saturated rings. The normalized spacial score (nSPS) is 24.2. The Labute approximate surface area is 57.8 Å². The minimum Gasteiger partial charge on any atom is -0.368 e. The van der Waals surface area contributed by atoms with Crippen molar-refractivity contribution in [1.29, 1.82) is 0 Å². The maximum atomic E-state index is 10.5. The molecular weight excluding hydrogens is 134 g/mol. The molecule has 9 heavy (non-hydrogen) atoms. The monoisotopic (exact) mass is 141 g/mol. The molecule has 0 aromatic rings. The van der Waals surface area contributed by atoms with Gasteiger partial charge < -0.3 is 5.73 Å². The second-order valence-electron chi connectivity index (χ2n) is 1.67. The molecule has 1 amide bonds. The molecule has 1 rings (SSSR count). The van der Waals surface area contributed by atoms with Gasteiger partial charge in [-0.05, 0) is 5.41 Å². The number of hydrogen-bond acceptors (Lipinski definition) is 2. The van der Waals surface area contributed by atoms with Gasteiger partial charge in [0, 0.05) is 0 Å². The lowest BCUT2D eigenvalue weighted by Crippen LogP contribution is -2.23. The first-order valence-corrected chi connectivity index (χ1v) is 3.53. The third-order valence-electron chi connectivity index (χ3n) is 0.981. The molecule has 0 spiro atoms. The second-order valence-corrected chi connectivity index (χ2v) is 2.72. The number of amides is 1. The molecule has 1 aliphatic heterocycles. The highest BCUT2D eigenvalue weighted by Gasteiger charge is 2.10. The Hall–Kier alpha value is -0.700. The summed E-state index contributed by atoms with van der Waals surface area (Å²) >= 11 is 1.43. The van der Waals surface area contributed by atoms with Gasteiger partial charge in [-0.3, -0.25) is 4.79 Å². The van der Waals surface area contributed by atoms with Crippen molar-refractivity contribution >= 4 is 17.7 Å². The molecule has 48 valence electrons. The van der Waals surface area contributed by atoms with Crippen molar-refractivity contribution in [2.24, 2.45) is 5.73 Å². The molecule has 1 unspecified atom stereocenters. The largest absolute Gasteiger partial charge is 0.368 e. The molecule has 0 radical (unpaired) electrons. The van der Waals surface area contributed by atoms with E-state index in [-0.39, 0.29) is 11.2 Å². The van der Waals surface area contributed by atoms with Gasteiger partial charge in [0.25, 0.3) is 0 Å². The summed E-state index contributed by atoms with van der Waals surface area (Å²) in [5.41, 5.74) is 5.02. The highest BCUT2D eigenvalue weighted by molar-refractivity contribution is 8.03.